The SMILES string of the molecule is CCOc1nc2c([nH]1)CCCC2. The fourth-order valence-corrected chi connectivity index (χ4v) is 1.63. The highest BCUT2D eigenvalue weighted by Gasteiger charge is 2.14. The third-order valence-electron chi connectivity index (χ3n) is 2.21. The average molecular weight is 166 g/mol. The number of nitrogens with one attached hydrogen (secondary N) is 1. The number of aromatic nitrogens is 2. The molecule has 0 fully saturated rings. The van der Waals surface area contributed by atoms with Crippen molar-refractivity contribution in [1.29, 1.82) is 0 Å². The topological polar surface area (TPSA) is 37.9 Å². The van der Waals surface area contributed by atoms with Gasteiger partial charge in [0.2, 0.25) is 0 Å². The van der Waals surface area contributed by atoms with E-state index in [0.717, 1.165) is 12.8 Å². The summed E-state index contributed by atoms with van der Waals surface area (Å²) in [4.78, 5) is 7.56. The fourth-order valence-electron chi connectivity index (χ4n) is 1.63. The van der Waals surface area contributed by atoms with Crippen LogP contribution < -0.4 is 4.74 Å². The second-order valence-electron chi connectivity index (χ2n) is 3.11. The van der Waals surface area contributed by atoms with Crippen LogP contribution in [0.4, 0.5) is 0 Å². The van der Waals surface area contributed by atoms with Crippen LogP contribution in [0.3, 0.4) is 0 Å². The molecule has 3 heteroatoms. The lowest BCUT2D eigenvalue weighted by atomic mass is 10.0. The first kappa shape index (κ1) is 7.65. The number of aryl methyl sites for hydroxylation is 2. The second-order valence-corrected chi connectivity index (χ2v) is 3.11. The Kier molecular flexibility index (Phi) is 2.02. The van der Waals surface area contributed by atoms with Crippen LogP contribution in [-0.4, -0.2) is 16.6 Å². The quantitative estimate of drug-likeness (QED) is 0.726. The Labute approximate surface area is 72.2 Å². The van der Waals surface area contributed by atoms with Gasteiger partial charge in [0.25, 0.3) is 6.01 Å². The molecular weight excluding hydrogens is 152 g/mol. The molecule has 1 aromatic heterocycles. The smallest absolute Gasteiger partial charge is 0.293 e. The minimum absolute atomic E-state index is 0.687. The fraction of sp³-hybridized carbons (Fsp3) is 0.667. The maximum Gasteiger partial charge on any atom is 0.293 e. The van der Waals surface area contributed by atoms with Crippen LogP contribution in [0.25, 0.3) is 0 Å². The average Bonchev–Trinajstić information content (AvgIpc) is 2.47. The number of hydrogen-bond donors (Lipinski definition) is 1. The summed E-state index contributed by atoms with van der Waals surface area (Å²) in [5, 5.41) is 0. The number of fused-ring (bicyclic) bond motifs is 1. The lowest BCUT2D eigenvalue weighted by Gasteiger charge is -2.06. The van der Waals surface area contributed by atoms with E-state index in [2.05, 4.69) is 9.97 Å². The molecule has 1 aliphatic carbocycles. The lowest BCUT2D eigenvalue weighted by molar-refractivity contribution is 0.315. The van der Waals surface area contributed by atoms with Crippen molar-refractivity contribution in [3.63, 3.8) is 0 Å². The molecule has 12 heavy (non-hydrogen) atoms. The highest BCUT2D eigenvalue weighted by Crippen LogP contribution is 2.21. The van der Waals surface area contributed by atoms with Crippen LogP contribution in [0.15, 0.2) is 0 Å². The molecule has 0 spiro atoms. The van der Waals surface area contributed by atoms with Gasteiger partial charge in [0.15, 0.2) is 0 Å². The Morgan fingerprint density at radius 3 is 3.00 bits per heavy atom. The third kappa shape index (κ3) is 1.31. The standard InChI is InChI=1S/C9H14N2O/c1-2-12-9-10-7-5-3-4-6-8(7)11-9/h2-6H2,1H3,(H,10,11). The van der Waals surface area contributed by atoms with Crippen molar-refractivity contribution >= 4 is 0 Å². The first-order valence-electron chi connectivity index (χ1n) is 4.60. The summed E-state index contributed by atoms with van der Waals surface area (Å²) in [6.07, 6.45) is 4.79. The summed E-state index contributed by atoms with van der Waals surface area (Å²) in [6.45, 7) is 2.66. The predicted octanol–water partition coefficient (Wildman–Crippen LogP) is 1.69. The van der Waals surface area contributed by atoms with Crippen LogP contribution in [0.1, 0.15) is 31.2 Å². The maximum atomic E-state index is 5.29. The second kappa shape index (κ2) is 3.17. The van der Waals surface area contributed by atoms with Gasteiger partial charge in [0, 0.05) is 5.69 Å². The molecule has 1 N–H and O–H groups in total. The van der Waals surface area contributed by atoms with Crippen molar-refractivity contribution in [3.05, 3.63) is 11.4 Å². The van der Waals surface area contributed by atoms with Gasteiger partial charge >= 0.3 is 0 Å². The van der Waals surface area contributed by atoms with Crippen LogP contribution in [0, 0.1) is 0 Å². The molecule has 0 amide bonds. The number of nitrogens with zero attached hydrogens (tertiary/aromatic N) is 1. The number of rotatable bonds is 2. The van der Waals surface area contributed by atoms with Gasteiger partial charge in [-0.15, -0.1) is 0 Å². The summed E-state index contributed by atoms with van der Waals surface area (Å²) in [5.41, 5.74) is 2.49. The largest absolute Gasteiger partial charge is 0.465 e. The van der Waals surface area contributed by atoms with Crippen LogP contribution in [-0.2, 0) is 12.8 Å². The summed E-state index contributed by atoms with van der Waals surface area (Å²) >= 11 is 0. The first-order chi connectivity index (χ1) is 5.90. The van der Waals surface area contributed by atoms with E-state index >= 15 is 0 Å². The molecule has 1 heterocycles. The number of aromatic amines is 1. The highest BCUT2D eigenvalue weighted by molar-refractivity contribution is 5.19. The molecule has 2 rings (SSSR count). The zero-order chi connectivity index (χ0) is 8.39. The first-order valence-corrected chi connectivity index (χ1v) is 4.60. The van der Waals surface area contributed by atoms with Gasteiger partial charge in [0.05, 0.1) is 12.3 Å². The molecular formula is C9H14N2O. The summed E-state index contributed by atoms with van der Waals surface area (Å²) in [5.74, 6) is 0. The molecule has 0 aliphatic heterocycles. The molecule has 0 radical (unpaired) electrons. The molecule has 3 nitrogen and oxygen atoms in total. The minimum Gasteiger partial charge on any atom is -0.465 e. The van der Waals surface area contributed by atoms with Crippen molar-refractivity contribution < 1.29 is 4.74 Å². The minimum atomic E-state index is 0.687. The van der Waals surface area contributed by atoms with Gasteiger partial charge in [-0.1, -0.05) is 0 Å². The maximum absolute atomic E-state index is 5.29. The van der Waals surface area contributed by atoms with Gasteiger partial charge in [-0.3, -0.25) is 0 Å². The van der Waals surface area contributed by atoms with E-state index in [4.69, 9.17) is 4.74 Å². The van der Waals surface area contributed by atoms with Gasteiger partial charge in [-0.2, -0.15) is 0 Å². The monoisotopic (exact) mass is 166 g/mol. The van der Waals surface area contributed by atoms with Crippen molar-refractivity contribution in [2.24, 2.45) is 0 Å². The molecule has 1 aliphatic rings. The normalized spacial score (nSPS) is 15.8. The highest BCUT2D eigenvalue weighted by atomic mass is 16.5. The van der Waals surface area contributed by atoms with Crippen molar-refractivity contribution in [2.75, 3.05) is 6.61 Å². The molecule has 0 aromatic carbocycles. The zero-order valence-corrected chi connectivity index (χ0v) is 7.39. The van der Waals surface area contributed by atoms with E-state index in [1.54, 1.807) is 0 Å². The number of H-pyrrole nitrogens is 1. The molecule has 0 unspecified atom stereocenters. The Balaban J connectivity index is 2.20. The van der Waals surface area contributed by atoms with Crippen molar-refractivity contribution in [3.8, 4) is 6.01 Å². The van der Waals surface area contributed by atoms with Gasteiger partial charge in [-0.25, -0.2) is 4.98 Å². The van der Waals surface area contributed by atoms with Gasteiger partial charge in [-0.05, 0) is 32.6 Å². The predicted molar refractivity (Wildman–Crippen MR) is 46.4 cm³/mol. The third-order valence-corrected chi connectivity index (χ3v) is 2.21. The Morgan fingerprint density at radius 2 is 2.25 bits per heavy atom. The Morgan fingerprint density at radius 1 is 1.42 bits per heavy atom. The summed E-state index contributed by atoms with van der Waals surface area (Å²) in [7, 11) is 0. The van der Waals surface area contributed by atoms with Crippen molar-refractivity contribution in [1.82, 2.24) is 9.97 Å². The zero-order valence-electron chi connectivity index (χ0n) is 7.39. The van der Waals surface area contributed by atoms with Crippen LogP contribution in [0.5, 0.6) is 6.01 Å². The number of ether oxygens (including phenoxy) is 1. The van der Waals surface area contributed by atoms with Crippen LogP contribution >= 0.6 is 0 Å². The van der Waals surface area contributed by atoms with E-state index in [1.165, 1.54) is 24.2 Å². The van der Waals surface area contributed by atoms with Gasteiger partial charge < -0.3 is 9.72 Å². The molecule has 66 valence electrons. The summed E-state index contributed by atoms with van der Waals surface area (Å²) in [6, 6.07) is 0.699. The molecule has 1 aromatic rings. The summed E-state index contributed by atoms with van der Waals surface area (Å²) < 4.78 is 5.29. The number of imidazole rings is 1. The van der Waals surface area contributed by atoms with E-state index in [1.807, 2.05) is 6.92 Å². The van der Waals surface area contributed by atoms with Crippen LogP contribution in [0.2, 0.25) is 0 Å². The Hall–Kier alpha value is -0.990. The van der Waals surface area contributed by atoms with E-state index in [0.29, 0.717) is 12.6 Å². The molecule has 0 saturated heterocycles. The molecule has 0 bridgehead atoms. The lowest BCUT2D eigenvalue weighted by Crippen LogP contribution is -2.00. The van der Waals surface area contributed by atoms with E-state index in [-0.39, 0.29) is 0 Å². The Bertz CT molecular complexity index is 244. The molecule has 0 atom stereocenters. The van der Waals surface area contributed by atoms with E-state index < -0.39 is 0 Å². The number of hydrogen-bond acceptors (Lipinski definition) is 2. The van der Waals surface area contributed by atoms with Gasteiger partial charge in [0.1, 0.15) is 0 Å². The van der Waals surface area contributed by atoms with Crippen molar-refractivity contribution in [2.45, 2.75) is 32.6 Å². The van der Waals surface area contributed by atoms with E-state index in [9.17, 15) is 0 Å². The molecule has 0 saturated carbocycles.